The molecule has 0 radical (unpaired) electrons. The number of likely N-dealkylation sites (tertiary alicyclic amines) is 1. The van der Waals surface area contributed by atoms with Crippen molar-refractivity contribution in [2.24, 2.45) is 0 Å². The van der Waals surface area contributed by atoms with Gasteiger partial charge in [0.1, 0.15) is 23.9 Å². The first-order valence-corrected chi connectivity index (χ1v) is 13.0. The number of hydrogen-bond donors (Lipinski definition) is 2. The first-order valence-electron chi connectivity index (χ1n) is 13.0. The van der Waals surface area contributed by atoms with Gasteiger partial charge >= 0.3 is 0 Å². The maximum absolute atomic E-state index is 14.7. The number of halogens is 1. The Labute approximate surface area is 223 Å². The van der Waals surface area contributed by atoms with Crippen LogP contribution < -0.4 is 4.74 Å². The standard InChI is InChI=1S/C29H25FN8O/c30-20-11-19(12-21(13-20)39-10-9-38-7-1-2-8-38)23-15-32-16-26-27(23)35-29(34-26)28-22-14-24(18-3-5-31-6-4-18)33-17-25(22)36-37-28/h3-6,11-17H,1-2,7-10H2,(H,34,35)(H,36,37). The quantitative estimate of drug-likeness (QED) is 0.296. The Morgan fingerprint density at radius 2 is 1.79 bits per heavy atom. The van der Waals surface area contributed by atoms with Crippen molar-refractivity contribution in [3.05, 3.63) is 73.2 Å². The van der Waals surface area contributed by atoms with Crippen molar-refractivity contribution >= 4 is 21.9 Å². The topological polar surface area (TPSA) is 108 Å². The van der Waals surface area contributed by atoms with E-state index in [-0.39, 0.29) is 5.82 Å². The fraction of sp³-hybridized carbons (Fsp3) is 0.207. The van der Waals surface area contributed by atoms with Gasteiger partial charge in [-0.3, -0.25) is 25.0 Å². The molecule has 10 heteroatoms. The number of imidazole rings is 1. The molecule has 1 aromatic carbocycles. The van der Waals surface area contributed by atoms with Crippen LogP contribution in [0.5, 0.6) is 5.75 Å². The molecule has 7 rings (SSSR count). The van der Waals surface area contributed by atoms with E-state index in [0.717, 1.165) is 47.3 Å². The first-order chi connectivity index (χ1) is 19.2. The molecule has 6 aromatic rings. The van der Waals surface area contributed by atoms with Gasteiger partial charge in [-0.2, -0.15) is 5.10 Å². The van der Waals surface area contributed by atoms with Crippen LogP contribution >= 0.6 is 0 Å². The smallest absolute Gasteiger partial charge is 0.159 e. The van der Waals surface area contributed by atoms with E-state index in [2.05, 4.69) is 35.0 Å². The van der Waals surface area contributed by atoms with Crippen LogP contribution in [0.3, 0.4) is 0 Å². The van der Waals surface area contributed by atoms with Crippen molar-refractivity contribution in [3.63, 3.8) is 0 Å². The Bertz CT molecular complexity index is 1780. The van der Waals surface area contributed by atoms with Crippen LogP contribution in [0.15, 0.2) is 67.4 Å². The summed E-state index contributed by atoms with van der Waals surface area (Å²) in [6.07, 6.45) is 11.1. The van der Waals surface area contributed by atoms with Crippen LogP contribution in [0.1, 0.15) is 12.8 Å². The fourth-order valence-electron chi connectivity index (χ4n) is 5.13. The van der Waals surface area contributed by atoms with Crippen LogP contribution in [0.25, 0.3) is 55.8 Å². The Balaban J connectivity index is 1.23. The van der Waals surface area contributed by atoms with E-state index in [9.17, 15) is 4.39 Å². The fourth-order valence-corrected chi connectivity index (χ4v) is 5.13. The highest BCUT2D eigenvalue weighted by Gasteiger charge is 2.18. The molecule has 0 atom stereocenters. The summed E-state index contributed by atoms with van der Waals surface area (Å²) in [7, 11) is 0. The summed E-state index contributed by atoms with van der Waals surface area (Å²) >= 11 is 0. The highest BCUT2D eigenvalue weighted by Crippen LogP contribution is 2.33. The zero-order chi connectivity index (χ0) is 26.2. The lowest BCUT2D eigenvalue weighted by molar-refractivity contribution is 0.237. The molecule has 6 heterocycles. The number of fused-ring (bicyclic) bond motifs is 2. The monoisotopic (exact) mass is 520 g/mol. The molecular formula is C29H25FN8O. The molecule has 1 saturated heterocycles. The van der Waals surface area contributed by atoms with Gasteiger partial charge < -0.3 is 9.72 Å². The minimum Gasteiger partial charge on any atom is -0.492 e. The first kappa shape index (κ1) is 23.4. The number of H-pyrrole nitrogens is 2. The van der Waals surface area contributed by atoms with Crippen LogP contribution in [0, 0.1) is 5.82 Å². The lowest BCUT2D eigenvalue weighted by Gasteiger charge is -2.15. The minimum absolute atomic E-state index is 0.370. The second kappa shape index (κ2) is 9.88. The van der Waals surface area contributed by atoms with Crippen LogP contribution in [0.4, 0.5) is 4.39 Å². The number of benzene rings is 1. The van der Waals surface area contributed by atoms with E-state index < -0.39 is 0 Å². The molecular weight excluding hydrogens is 495 g/mol. The molecule has 0 bridgehead atoms. The number of aromatic amines is 2. The van der Waals surface area contributed by atoms with Gasteiger partial charge in [-0.05, 0) is 61.8 Å². The lowest BCUT2D eigenvalue weighted by Crippen LogP contribution is -2.25. The summed E-state index contributed by atoms with van der Waals surface area (Å²) in [6.45, 7) is 3.54. The van der Waals surface area contributed by atoms with Crippen LogP contribution in [-0.4, -0.2) is 66.3 Å². The molecule has 1 aliphatic rings. The lowest BCUT2D eigenvalue weighted by atomic mass is 10.1. The van der Waals surface area contributed by atoms with Crippen molar-refractivity contribution in [2.75, 3.05) is 26.2 Å². The second-order valence-electron chi connectivity index (χ2n) is 9.66. The Hall–Kier alpha value is -4.70. The van der Waals surface area contributed by atoms with Crippen molar-refractivity contribution in [2.45, 2.75) is 12.8 Å². The minimum atomic E-state index is -0.370. The van der Waals surface area contributed by atoms with E-state index in [4.69, 9.17) is 9.72 Å². The molecule has 9 nitrogen and oxygen atoms in total. The predicted octanol–water partition coefficient (Wildman–Crippen LogP) is 5.24. The summed E-state index contributed by atoms with van der Waals surface area (Å²) in [4.78, 5) is 23.6. The van der Waals surface area contributed by atoms with Gasteiger partial charge in [-0.25, -0.2) is 9.37 Å². The molecule has 1 aliphatic heterocycles. The average Bonchev–Trinajstić information content (AvgIpc) is 3.72. The zero-order valence-electron chi connectivity index (χ0n) is 21.1. The Kier molecular flexibility index (Phi) is 5.93. The molecule has 0 saturated carbocycles. The molecule has 194 valence electrons. The summed E-state index contributed by atoms with van der Waals surface area (Å²) in [5, 5.41) is 8.44. The molecule has 5 aromatic heterocycles. The molecule has 0 amide bonds. The summed E-state index contributed by atoms with van der Waals surface area (Å²) < 4.78 is 20.6. The SMILES string of the molecule is Fc1cc(OCCN2CCCC2)cc(-c2cncc3[nH]c(-c4n[nH]c5cnc(-c6ccncc6)cc45)nc23)c1. The molecule has 2 N–H and O–H groups in total. The van der Waals surface area contributed by atoms with E-state index in [0.29, 0.717) is 40.5 Å². The Morgan fingerprint density at radius 3 is 2.67 bits per heavy atom. The van der Waals surface area contributed by atoms with Gasteiger partial charge in [0.25, 0.3) is 0 Å². The maximum atomic E-state index is 14.7. The third kappa shape index (κ3) is 4.59. The molecule has 0 unspecified atom stereocenters. The normalized spacial score (nSPS) is 14.0. The average molecular weight is 521 g/mol. The highest BCUT2D eigenvalue weighted by molar-refractivity contribution is 5.97. The third-order valence-electron chi connectivity index (χ3n) is 7.10. The molecule has 0 spiro atoms. The predicted molar refractivity (Wildman–Crippen MR) is 147 cm³/mol. The van der Waals surface area contributed by atoms with E-state index in [1.54, 1.807) is 31.0 Å². The number of nitrogens with zero attached hydrogens (tertiary/aromatic N) is 6. The largest absolute Gasteiger partial charge is 0.492 e. The van der Waals surface area contributed by atoms with Crippen molar-refractivity contribution in [3.8, 4) is 39.7 Å². The molecule has 1 fully saturated rings. The second-order valence-corrected chi connectivity index (χ2v) is 9.66. The number of aromatic nitrogens is 7. The van der Waals surface area contributed by atoms with Gasteiger partial charge in [-0.15, -0.1) is 0 Å². The maximum Gasteiger partial charge on any atom is 0.159 e. The highest BCUT2D eigenvalue weighted by atomic mass is 19.1. The number of ether oxygens (including phenoxy) is 1. The van der Waals surface area contributed by atoms with E-state index >= 15 is 0 Å². The van der Waals surface area contributed by atoms with Gasteiger partial charge in [0.15, 0.2) is 5.82 Å². The van der Waals surface area contributed by atoms with E-state index in [1.807, 2.05) is 24.3 Å². The third-order valence-corrected chi connectivity index (χ3v) is 7.10. The zero-order valence-corrected chi connectivity index (χ0v) is 21.1. The number of nitrogens with one attached hydrogen (secondary N) is 2. The van der Waals surface area contributed by atoms with Crippen molar-refractivity contribution < 1.29 is 9.13 Å². The van der Waals surface area contributed by atoms with Crippen LogP contribution in [0.2, 0.25) is 0 Å². The summed E-state index contributed by atoms with van der Waals surface area (Å²) in [6, 6.07) is 10.5. The van der Waals surface area contributed by atoms with E-state index in [1.165, 1.54) is 25.0 Å². The summed E-state index contributed by atoms with van der Waals surface area (Å²) in [5.74, 6) is 0.702. The Morgan fingerprint density at radius 1 is 0.923 bits per heavy atom. The van der Waals surface area contributed by atoms with Crippen molar-refractivity contribution in [1.82, 2.24) is 40.0 Å². The van der Waals surface area contributed by atoms with Gasteiger partial charge in [-0.1, -0.05) is 0 Å². The van der Waals surface area contributed by atoms with Crippen molar-refractivity contribution in [1.29, 1.82) is 0 Å². The summed E-state index contributed by atoms with van der Waals surface area (Å²) in [5.41, 5.74) is 5.98. The molecule has 39 heavy (non-hydrogen) atoms. The number of hydrogen-bond acceptors (Lipinski definition) is 7. The van der Waals surface area contributed by atoms with Gasteiger partial charge in [0.2, 0.25) is 0 Å². The number of pyridine rings is 3. The van der Waals surface area contributed by atoms with Gasteiger partial charge in [0, 0.05) is 47.7 Å². The molecule has 0 aliphatic carbocycles. The number of rotatable bonds is 7. The van der Waals surface area contributed by atoms with Gasteiger partial charge in [0.05, 0.1) is 34.6 Å². The van der Waals surface area contributed by atoms with Crippen LogP contribution in [-0.2, 0) is 0 Å².